The normalized spacial score (nSPS) is 12.9. The van der Waals surface area contributed by atoms with Crippen LogP contribution < -0.4 is 10.5 Å². The van der Waals surface area contributed by atoms with Crippen molar-refractivity contribution in [2.24, 2.45) is 11.7 Å². The number of hydrogen-bond acceptors (Lipinski definition) is 3. The van der Waals surface area contributed by atoms with Crippen molar-refractivity contribution < 1.29 is 4.74 Å². The van der Waals surface area contributed by atoms with Gasteiger partial charge in [-0.1, -0.05) is 13.8 Å². The van der Waals surface area contributed by atoms with Gasteiger partial charge in [0.25, 0.3) is 0 Å². The van der Waals surface area contributed by atoms with Gasteiger partial charge in [-0.2, -0.15) is 0 Å². The molecule has 1 aromatic rings. The summed E-state index contributed by atoms with van der Waals surface area (Å²) >= 11 is 0. The molecule has 1 atom stereocenters. The Morgan fingerprint density at radius 2 is 2.20 bits per heavy atom. The Bertz CT molecular complexity index is 299. The van der Waals surface area contributed by atoms with Crippen molar-refractivity contribution in [3.8, 4) is 5.75 Å². The average molecular weight is 208 g/mol. The molecular formula is C12H20N2O. The first kappa shape index (κ1) is 12.0. The van der Waals surface area contributed by atoms with Crippen molar-refractivity contribution in [3.05, 3.63) is 24.0 Å². The lowest BCUT2D eigenvalue weighted by Gasteiger charge is -2.21. The Morgan fingerprint density at radius 3 is 2.73 bits per heavy atom. The van der Waals surface area contributed by atoms with Gasteiger partial charge in [-0.05, 0) is 25.5 Å². The Kier molecular flexibility index (Phi) is 4.56. The molecule has 3 heteroatoms. The zero-order chi connectivity index (χ0) is 11.3. The van der Waals surface area contributed by atoms with E-state index >= 15 is 0 Å². The molecule has 0 aliphatic carbocycles. The van der Waals surface area contributed by atoms with Crippen molar-refractivity contribution in [1.29, 1.82) is 0 Å². The van der Waals surface area contributed by atoms with Gasteiger partial charge in [0.1, 0.15) is 5.75 Å². The van der Waals surface area contributed by atoms with E-state index in [1.807, 2.05) is 13.0 Å². The van der Waals surface area contributed by atoms with Gasteiger partial charge in [-0.25, -0.2) is 0 Å². The van der Waals surface area contributed by atoms with E-state index in [1.165, 1.54) is 5.56 Å². The third-order valence-corrected chi connectivity index (χ3v) is 2.57. The topological polar surface area (TPSA) is 48.1 Å². The summed E-state index contributed by atoms with van der Waals surface area (Å²) in [5.74, 6) is 1.72. The number of hydrogen-bond donors (Lipinski definition) is 1. The fourth-order valence-electron chi connectivity index (χ4n) is 1.73. The van der Waals surface area contributed by atoms with Gasteiger partial charge >= 0.3 is 0 Å². The molecule has 0 amide bonds. The lowest BCUT2D eigenvalue weighted by Crippen LogP contribution is -2.18. The molecule has 0 aromatic carbocycles. The van der Waals surface area contributed by atoms with E-state index in [4.69, 9.17) is 10.5 Å². The summed E-state index contributed by atoms with van der Waals surface area (Å²) in [6.07, 6.45) is 3.56. The van der Waals surface area contributed by atoms with Crippen molar-refractivity contribution in [2.45, 2.75) is 26.7 Å². The Morgan fingerprint density at radius 1 is 1.47 bits per heavy atom. The number of ether oxygens (including phenoxy) is 1. The van der Waals surface area contributed by atoms with Crippen LogP contribution in [-0.2, 0) is 0 Å². The van der Waals surface area contributed by atoms with Crippen LogP contribution >= 0.6 is 0 Å². The molecule has 0 aliphatic heterocycles. The van der Waals surface area contributed by atoms with Crippen LogP contribution in [-0.4, -0.2) is 18.1 Å². The van der Waals surface area contributed by atoms with Crippen LogP contribution in [0.5, 0.6) is 5.75 Å². The highest BCUT2D eigenvalue weighted by Crippen LogP contribution is 2.30. The zero-order valence-electron chi connectivity index (χ0n) is 9.73. The number of aromatic nitrogens is 1. The summed E-state index contributed by atoms with van der Waals surface area (Å²) in [5.41, 5.74) is 6.97. The maximum Gasteiger partial charge on any atom is 0.141 e. The molecule has 2 N–H and O–H groups in total. The summed E-state index contributed by atoms with van der Waals surface area (Å²) < 4.78 is 5.55. The maximum absolute atomic E-state index is 5.79. The van der Waals surface area contributed by atoms with E-state index in [0.29, 0.717) is 25.0 Å². The van der Waals surface area contributed by atoms with Crippen LogP contribution in [0.2, 0.25) is 0 Å². The molecule has 0 saturated heterocycles. The van der Waals surface area contributed by atoms with Crippen LogP contribution in [0.1, 0.15) is 32.3 Å². The van der Waals surface area contributed by atoms with Crippen LogP contribution in [0.3, 0.4) is 0 Å². The van der Waals surface area contributed by atoms with E-state index in [9.17, 15) is 0 Å². The standard InChI is InChI=1S/C12H20N2O/c1-4-15-12-8-14-6-5-10(12)11(7-13)9(2)3/h5-6,8-9,11H,4,7,13H2,1-3H3. The SMILES string of the molecule is CCOc1cnccc1C(CN)C(C)C. The number of nitrogens with two attached hydrogens (primary N) is 1. The second-order valence-electron chi connectivity index (χ2n) is 3.93. The smallest absolute Gasteiger partial charge is 0.141 e. The van der Waals surface area contributed by atoms with E-state index in [-0.39, 0.29) is 0 Å². The summed E-state index contributed by atoms with van der Waals surface area (Å²) in [6, 6.07) is 2.00. The molecule has 0 radical (unpaired) electrons. The molecule has 3 nitrogen and oxygen atoms in total. The molecule has 1 aromatic heterocycles. The van der Waals surface area contributed by atoms with Crippen molar-refractivity contribution in [1.82, 2.24) is 4.98 Å². The highest BCUT2D eigenvalue weighted by molar-refractivity contribution is 5.33. The van der Waals surface area contributed by atoms with Gasteiger partial charge in [-0.15, -0.1) is 0 Å². The molecule has 0 aliphatic rings. The molecule has 15 heavy (non-hydrogen) atoms. The highest BCUT2D eigenvalue weighted by Gasteiger charge is 2.18. The number of nitrogens with zero attached hydrogens (tertiary/aromatic N) is 1. The summed E-state index contributed by atoms with van der Waals surface area (Å²) in [4.78, 5) is 4.07. The molecule has 1 unspecified atom stereocenters. The minimum atomic E-state index is 0.342. The molecule has 0 fully saturated rings. The van der Waals surface area contributed by atoms with Crippen molar-refractivity contribution in [3.63, 3.8) is 0 Å². The summed E-state index contributed by atoms with van der Waals surface area (Å²) in [5, 5.41) is 0. The Labute approximate surface area is 91.7 Å². The van der Waals surface area contributed by atoms with E-state index < -0.39 is 0 Å². The van der Waals surface area contributed by atoms with Crippen LogP contribution in [0.25, 0.3) is 0 Å². The lowest BCUT2D eigenvalue weighted by molar-refractivity contribution is 0.328. The van der Waals surface area contributed by atoms with Crippen LogP contribution in [0, 0.1) is 5.92 Å². The molecule has 0 spiro atoms. The first-order valence-electron chi connectivity index (χ1n) is 5.47. The molecule has 1 rings (SSSR count). The zero-order valence-corrected chi connectivity index (χ0v) is 9.73. The molecule has 0 saturated carbocycles. The van der Waals surface area contributed by atoms with E-state index in [2.05, 4.69) is 18.8 Å². The Hall–Kier alpha value is -1.09. The van der Waals surface area contributed by atoms with Crippen molar-refractivity contribution >= 4 is 0 Å². The second-order valence-corrected chi connectivity index (χ2v) is 3.93. The highest BCUT2D eigenvalue weighted by atomic mass is 16.5. The first-order valence-corrected chi connectivity index (χ1v) is 5.47. The van der Waals surface area contributed by atoms with Gasteiger partial charge in [0.05, 0.1) is 12.8 Å². The maximum atomic E-state index is 5.79. The fraction of sp³-hybridized carbons (Fsp3) is 0.583. The molecule has 84 valence electrons. The van der Waals surface area contributed by atoms with Gasteiger partial charge in [0.15, 0.2) is 0 Å². The van der Waals surface area contributed by atoms with Crippen LogP contribution in [0.4, 0.5) is 0 Å². The van der Waals surface area contributed by atoms with Gasteiger partial charge < -0.3 is 10.5 Å². The largest absolute Gasteiger partial charge is 0.492 e. The second kappa shape index (κ2) is 5.71. The van der Waals surface area contributed by atoms with Gasteiger partial charge in [0, 0.05) is 17.7 Å². The minimum absolute atomic E-state index is 0.342. The average Bonchev–Trinajstić information content (AvgIpc) is 2.21. The van der Waals surface area contributed by atoms with Gasteiger partial charge in [-0.3, -0.25) is 4.98 Å². The van der Waals surface area contributed by atoms with Crippen molar-refractivity contribution in [2.75, 3.05) is 13.2 Å². The summed E-state index contributed by atoms with van der Waals surface area (Å²) in [7, 11) is 0. The quantitative estimate of drug-likeness (QED) is 0.806. The number of rotatable bonds is 5. The first-order chi connectivity index (χ1) is 7.20. The predicted octanol–water partition coefficient (Wildman–Crippen LogP) is 2.18. The van der Waals surface area contributed by atoms with Gasteiger partial charge in [0.2, 0.25) is 0 Å². The number of pyridine rings is 1. The predicted molar refractivity (Wildman–Crippen MR) is 62.0 cm³/mol. The summed E-state index contributed by atoms with van der Waals surface area (Å²) in [6.45, 7) is 7.63. The molecular weight excluding hydrogens is 188 g/mol. The monoisotopic (exact) mass is 208 g/mol. The fourth-order valence-corrected chi connectivity index (χ4v) is 1.73. The third kappa shape index (κ3) is 2.93. The minimum Gasteiger partial charge on any atom is -0.492 e. The van der Waals surface area contributed by atoms with E-state index in [0.717, 1.165) is 5.75 Å². The molecule has 1 heterocycles. The molecule has 0 bridgehead atoms. The van der Waals surface area contributed by atoms with Crippen LogP contribution in [0.15, 0.2) is 18.5 Å². The van der Waals surface area contributed by atoms with E-state index in [1.54, 1.807) is 12.4 Å². The Balaban J connectivity index is 2.99. The third-order valence-electron chi connectivity index (χ3n) is 2.57. The lowest BCUT2D eigenvalue weighted by atomic mass is 9.88.